The summed E-state index contributed by atoms with van der Waals surface area (Å²) in [5, 5.41) is 4.12. The summed E-state index contributed by atoms with van der Waals surface area (Å²) in [7, 11) is 0. The molecule has 136 valence electrons. The number of piperazine rings is 1. The van der Waals surface area contributed by atoms with E-state index >= 15 is 0 Å². The van der Waals surface area contributed by atoms with E-state index in [-0.39, 0.29) is 0 Å². The second kappa shape index (κ2) is 8.38. The maximum atomic E-state index is 6.33. The van der Waals surface area contributed by atoms with Gasteiger partial charge in [-0.1, -0.05) is 35.9 Å². The first-order chi connectivity index (χ1) is 13.3. The van der Waals surface area contributed by atoms with Crippen molar-refractivity contribution < 1.29 is 0 Å². The first kappa shape index (κ1) is 17.8. The van der Waals surface area contributed by atoms with Crippen LogP contribution in [0, 0.1) is 0 Å². The largest absolute Gasteiger partial charge is 0.369 e. The number of aromatic nitrogens is 1. The van der Waals surface area contributed by atoms with E-state index < -0.39 is 0 Å². The molecule has 1 fully saturated rings. The standard InChI is InChI=1S/C23H22ClN3/c24-22-16-19(15-21(17-22)20-7-9-25-10-8-20)2-1-18-3-5-23(6-4-18)27-13-11-26-12-14-27/h1-10,15-17,26H,11-14H2. The van der Waals surface area contributed by atoms with E-state index in [0.29, 0.717) is 0 Å². The highest BCUT2D eigenvalue weighted by atomic mass is 35.5. The smallest absolute Gasteiger partial charge is 0.0418 e. The molecular formula is C23H22ClN3. The maximum absolute atomic E-state index is 6.33. The van der Waals surface area contributed by atoms with Crippen LogP contribution in [0.2, 0.25) is 5.02 Å². The zero-order chi connectivity index (χ0) is 18.5. The normalized spacial score (nSPS) is 14.6. The maximum Gasteiger partial charge on any atom is 0.0418 e. The van der Waals surface area contributed by atoms with Crippen molar-refractivity contribution in [3.05, 3.63) is 83.1 Å². The third-order valence-electron chi connectivity index (χ3n) is 4.78. The van der Waals surface area contributed by atoms with Gasteiger partial charge < -0.3 is 10.2 Å². The molecule has 0 aliphatic carbocycles. The molecule has 0 amide bonds. The van der Waals surface area contributed by atoms with Gasteiger partial charge in [-0.05, 0) is 64.7 Å². The SMILES string of the molecule is Clc1cc(C=Cc2ccc(N3CCNCC3)cc2)cc(-c2ccncc2)c1. The quantitative estimate of drug-likeness (QED) is 0.651. The number of nitrogens with one attached hydrogen (secondary N) is 1. The Kier molecular flexibility index (Phi) is 5.52. The fourth-order valence-corrected chi connectivity index (χ4v) is 3.57. The molecule has 4 heteroatoms. The number of hydrogen-bond acceptors (Lipinski definition) is 3. The number of benzene rings is 2. The van der Waals surface area contributed by atoms with Crippen LogP contribution >= 0.6 is 11.6 Å². The highest BCUT2D eigenvalue weighted by Gasteiger charge is 2.09. The van der Waals surface area contributed by atoms with Gasteiger partial charge in [-0.3, -0.25) is 4.98 Å². The average Bonchev–Trinajstić information content (AvgIpc) is 2.73. The summed E-state index contributed by atoms with van der Waals surface area (Å²) in [5.41, 5.74) is 5.76. The molecule has 1 aliphatic rings. The average molecular weight is 376 g/mol. The number of rotatable bonds is 4. The minimum atomic E-state index is 0.734. The van der Waals surface area contributed by atoms with Crippen molar-refractivity contribution in [1.29, 1.82) is 0 Å². The number of hydrogen-bond donors (Lipinski definition) is 1. The number of anilines is 1. The van der Waals surface area contributed by atoms with Crippen LogP contribution in [0.15, 0.2) is 67.0 Å². The number of nitrogens with zero attached hydrogens (tertiary/aromatic N) is 2. The van der Waals surface area contributed by atoms with Gasteiger partial charge in [-0.2, -0.15) is 0 Å². The van der Waals surface area contributed by atoms with Crippen molar-refractivity contribution in [2.45, 2.75) is 0 Å². The van der Waals surface area contributed by atoms with Crippen LogP contribution in [0.4, 0.5) is 5.69 Å². The van der Waals surface area contributed by atoms with Gasteiger partial charge in [-0.15, -0.1) is 0 Å². The van der Waals surface area contributed by atoms with Crippen molar-refractivity contribution in [3.8, 4) is 11.1 Å². The molecule has 1 saturated heterocycles. The minimum Gasteiger partial charge on any atom is -0.369 e. The molecule has 0 saturated carbocycles. The number of halogens is 1. The molecule has 2 aromatic carbocycles. The summed E-state index contributed by atoms with van der Waals surface area (Å²) in [6, 6.07) is 18.8. The highest BCUT2D eigenvalue weighted by Crippen LogP contribution is 2.25. The predicted octanol–water partition coefficient (Wildman–Crippen LogP) is 4.98. The molecule has 0 radical (unpaired) electrons. The van der Waals surface area contributed by atoms with Gasteiger partial charge in [0.25, 0.3) is 0 Å². The molecule has 0 unspecified atom stereocenters. The topological polar surface area (TPSA) is 28.2 Å². The second-order valence-electron chi connectivity index (χ2n) is 6.67. The Hall–Kier alpha value is -2.62. The van der Waals surface area contributed by atoms with Gasteiger partial charge in [0.05, 0.1) is 0 Å². The van der Waals surface area contributed by atoms with E-state index in [1.807, 2.05) is 24.3 Å². The van der Waals surface area contributed by atoms with Crippen LogP contribution in [0.25, 0.3) is 23.3 Å². The van der Waals surface area contributed by atoms with Crippen LogP contribution in [0.5, 0.6) is 0 Å². The van der Waals surface area contributed by atoms with Crippen molar-refractivity contribution in [1.82, 2.24) is 10.3 Å². The van der Waals surface area contributed by atoms with Crippen molar-refractivity contribution >= 4 is 29.4 Å². The van der Waals surface area contributed by atoms with Gasteiger partial charge in [0.2, 0.25) is 0 Å². The van der Waals surface area contributed by atoms with Crippen LogP contribution in [0.3, 0.4) is 0 Å². The summed E-state index contributed by atoms with van der Waals surface area (Å²) in [6.07, 6.45) is 7.83. The van der Waals surface area contributed by atoms with Gasteiger partial charge >= 0.3 is 0 Å². The second-order valence-corrected chi connectivity index (χ2v) is 7.11. The number of pyridine rings is 1. The molecule has 1 aromatic heterocycles. The molecule has 0 bridgehead atoms. The summed E-state index contributed by atoms with van der Waals surface area (Å²) in [5.74, 6) is 0. The molecule has 2 heterocycles. The van der Waals surface area contributed by atoms with Crippen LogP contribution in [-0.2, 0) is 0 Å². The summed E-state index contributed by atoms with van der Waals surface area (Å²) in [4.78, 5) is 6.50. The summed E-state index contributed by atoms with van der Waals surface area (Å²) >= 11 is 6.33. The molecule has 3 nitrogen and oxygen atoms in total. The Bertz CT molecular complexity index is 914. The van der Waals surface area contributed by atoms with Gasteiger partial charge in [-0.25, -0.2) is 0 Å². The van der Waals surface area contributed by atoms with Crippen LogP contribution < -0.4 is 10.2 Å². The Labute approximate surface area is 165 Å². The molecule has 0 atom stereocenters. The lowest BCUT2D eigenvalue weighted by Gasteiger charge is -2.29. The van der Waals surface area contributed by atoms with Gasteiger partial charge in [0, 0.05) is 49.3 Å². The van der Waals surface area contributed by atoms with Gasteiger partial charge in [0.15, 0.2) is 0 Å². The molecule has 27 heavy (non-hydrogen) atoms. The Morgan fingerprint density at radius 1 is 0.815 bits per heavy atom. The Balaban J connectivity index is 1.51. The summed E-state index contributed by atoms with van der Waals surface area (Å²) in [6.45, 7) is 4.23. The van der Waals surface area contributed by atoms with Gasteiger partial charge in [0.1, 0.15) is 0 Å². The molecule has 1 N–H and O–H groups in total. The third kappa shape index (κ3) is 4.57. The van der Waals surface area contributed by atoms with E-state index in [4.69, 9.17) is 11.6 Å². The molecule has 0 spiro atoms. The fourth-order valence-electron chi connectivity index (χ4n) is 3.33. The fraction of sp³-hybridized carbons (Fsp3) is 0.174. The van der Waals surface area contributed by atoms with Crippen molar-refractivity contribution in [2.24, 2.45) is 0 Å². The third-order valence-corrected chi connectivity index (χ3v) is 5.00. The highest BCUT2D eigenvalue weighted by molar-refractivity contribution is 6.31. The van der Waals surface area contributed by atoms with E-state index in [9.17, 15) is 0 Å². The Morgan fingerprint density at radius 3 is 2.26 bits per heavy atom. The zero-order valence-electron chi connectivity index (χ0n) is 15.1. The molecule has 1 aliphatic heterocycles. The first-order valence-electron chi connectivity index (χ1n) is 9.23. The lowest BCUT2D eigenvalue weighted by molar-refractivity contribution is 0.589. The van der Waals surface area contributed by atoms with E-state index in [0.717, 1.165) is 47.9 Å². The van der Waals surface area contributed by atoms with Crippen LogP contribution in [0.1, 0.15) is 11.1 Å². The lowest BCUT2D eigenvalue weighted by Crippen LogP contribution is -2.43. The molecule has 3 aromatic rings. The van der Waals surface area contributed by atoms with E-state index in [2.05, 4.69) is 57.7 Å². The predicted molar refractivity (Wildman–Crippen MR) is 115 cm³/mol. The molecular weight excluding hydrogens is 354 g/mol. The lowest BCUT2D eigenvalue weighted by atomic mass is 10.0. The Morgan fingerprint density at radius 2 is 1.52 bits per heavy atom. The van der Waals surface area contributed by atoms with Crippen molar-refractivity contribution in [3.63, 3.8) is 0 Å². The zero-order valence-corrected chi connectivity index (χ0v) is 15.9. The monoisotopic (exact) mass is 375 g/mol. The summed E-state index contributed by atoms with van der Waals surface area (Å²) < 4.78 is 0. The minimum absolute atomic E-state index is 0.734. The van der Waals surface area contributed by atoms with Crippen molar-refractivity contribution in [2.75, 3.05) is 31.1 Å². The van der Waals surface area contributed by atoms with E-state index in [1.54, 1.807) is 12.4 Å². The first-order valence-corrected chi connectivity index (χ1v) is 9.60. The van der Waals surface area contributed by atoms with Crippen LogP contribution in [-0.4, -0.2) is 31.2 Å². The molecule has 4 rings (SSSR count). The van der Waals surface area contributed by atoms with E-state index in [1.165, 1.54) is 11.3 Å².